The first-order valence-electron chi connectivity index (χ1n) is 8.99. The summed E-state index contributed by atoms with van der Waals surface area (Å²) in [7, 11) is 0. The largest absolute Gasteiger partial charge is 0.345 e. The molecule has 1 aliphatic carbocycles. The van der Waals surface area contributed by atoms with Gasteiger partial charge in [0, 0.05) is 5.69 Å². The van der Waals surface area contributed by atoms with Crippen LogP contribution in [-0.2, 0) is 14.4 Å². The van der Waals surface area contributed by atoms with Gasteiger partial charge in [0.1, 0.15) is 12.1 Å². The van der Waals surface area contributed by atoms with E-state index in [2.05, 4.69) is 16.0 Å². The van der Waals surface area contributed by atoms with E-state index in [-0.39, 0.29) is 24.3 Å². The summed E-state index contributed by atoms with van der Waals surface area (Å²) < 4.78 is 0. The minimum Gasteiger partial charge on any atom is -0.345 e. The first kappa shape index (κ1) is 18.9. The van der Waals surface area contributed by atoms with Gasteiger partial charge in [-0.15, -0.1) is 0 Å². The van der Waals surface area contributed by atoms with Gasteiger partial charge in [0.2, 0.25) is 11.8 Å². The van der Waals surface area contributed by atoms with E-state index in [1.807, 2.05) is 32.0 Å². The quantitative estimate of drug-likeness (QED) is 0.650. The predicted octanol–water partition coefficient (Wildman–Crippen LogP) is 1.08. The fourth-order valence-electron chi connectivity index (χ4n) is 3.37. The SMILES string of the molecule is Cc1cccc(C)c1NC(=O)CNC(=O)CN1C(=O)NC(C)(C2CC2)C1=O. The Bertz CT molecular complexity index is 798. The van der Waals surface area contributed by atoms with Gasteiger partial charge in [-0.2, -0.15) is 0 Å². The van der Waals surface area contributed by atoms with Crippen molar-refractivity contribution in [1.29, 1.82) is 0 Å². The number of benzene rings is 1. The topological polar surface area (TPSA) is 108 Å². The van der Waals surface area contributed by atoms with Crippen molar-refractivity contribution in [2.75, 3.05) is 18.4 Å². The Morgan fingerprint density at radius 1 is 1.19 bits per heavy atom. The van der Waals surface area contributed by atoms with Crippen LogP contribution in [0, 0.1) is 19.8 Å². The normalized spacial score (nSPS) is 21.8. The number of rotatable bonds is 6. The second-order valence-electron chi connectivity index (χ2n) is 7.39. The average Bonchev–Trinajstić information content (AvgIpc) is 3.43. The van der Waals surface area contributed by atoms with Crippen LogP contribution in [0.25, 0.3) is 0 Å². The zero-order valence-electron chi connectivity index (χ0n) is 15.7. The molecule has 0 aromatic heterocycles. The number of nitrogens with zero attached hydrogens (tertiary/aromatic N) is 1. The number of nitrogens with one attached hydrogen (secondary N) is 3. The number of hydrogen-bond acceptors (Lipinski definition) is 4. The molecule has 2 fully saturated rings. The number of carbonyl (C=O) groups excluding carboxylic acids is 4. The number of urea groups is 1. The summed E-state index contributed by atoms with van der Waals surface area (Å²) in [5.41, 5.74) is 1.64. The molecule has 1 saturated heterocycles. The number of hydrogen-bond donors (Lipinski definition) is 3. The molecule has 1 unspecified atom stereocenters. The smallest absolute Gasteiger partial charge is 0.325 e. The van der Waals surface area contributed by atoms with Crippen molar-refractivity contribution >= 4 is 29.4 Å². The van der Waals surface area contributed by atoms with Gasteiger partial charge in [-0.05, 0) is 50.7 Å². The third kappa shape index (κ3) is 3.79. The molecule has 1 aromatic carbocycles. The van der Waals surface area contributed by atoms with Gasteiger partial charge in [-0.1, -0.05) is 18.2 Å². The van der Waals surface area contributed by atoms with E-state index in [4.69, 9.17) is 0 Å². The fourth-order valence-corrected chi connectivity index (χ4v) is 3.37. The first-order valence-corrected chi connectivity index (χ1v) is 8.99. The highest BCUT2D eigenvalue weighted by Crippen LogP contribution is 2.42. The van der Waals surface area contributed by atoms with Crippen LogP contribution in [0.15, 0.2) is 18.2 Å². The van der Waals surface area contributed by atoms with Crippen LogP contribution in [0.2, 0.25) is 0 Å². The molecule has 144 valence electrons. The van der Waals surface area contributed by atoms with Gasteiger partial charge in [0.15, 0.2) is 0 Å². The third-order valence-electron chi connectivity index (χ3n) is 5.19. The summed E-state index contributed by atoms with van der Waals surface area (Å²) >= 11 is 0. The highest BCUT2D eigenvalue weighted by Gasteiger charge is 2.56. The van der Waals surface area contributed by atoms with E-state index in [9.17, 15) is 19.2 Å². The third-order valence-corrected chi connectivity index (χ3v) is 5.19. The number of imide groups is 1. The number of carbonyl (C=O) groups is 4. The number of anilines is 1. The maximum Gasteiger partial charge on any atom is 0.325 e. The van der Waals surface area contributed by atoms with Crippen molar-refractivity contribution < 1.29 is 19.2 Å². The molecule has 1 saturated carbocycles. The molecule has 1 atom stereocenters. The van der Waals surface area contributed by atoms with E-state index in [1.165, 1.54) is 0 Å². The minimum absolute atomic E-state index is 0.130. The lowest BCUT2D eigenvalue weighted by atomic mass is 9.96. The van der Waals surface area contributed by atoms with E-state index in [0.29, 0.717) is 5.69 Å². The maximum atomic E-state index is 12.5. The van der Waals surface area contributed by atoms with Crippen molar-refractivity contribution in [2.24, 2.45) is 5.92 Å². The zero-order valence-corrected chi connectivity index (χ0v) is 15.7. The van der Waals surface area contributed by atoms with E-state index in [1.54, 1.807) is 6.92 Å². The number of para-hydroxylation sites is 1. The first-order chi connectivity index (χ1) is 12.7. The molecular formula is C19H24N4O4. The van der Waals surface area contributed by atoms with E-state index >= 15 is 0 Å². The average molecular weight is 372 g/mol. The van der Waals surface area contributed by atoms with Crippen LogP contribution < -0.4 is 16.0 Å². The summed E-state index contributed by atoms with van der Waals surface area (Å²) in [6, 6.07) is 5.10. The summed E-state index contributed by atoms with van der Waals surface area (Å²) in [5.74, 6) is -1.19. The Morgan fingerprint density at radius 2 is 1.81 bits per heavy atom. The molecule has 1 aliphatic heterocycles. The van der Waals surface area contributed by atoms with Gasteiger partial charge < -0.3 is 16.0 Å². The maximum absolute atomic E-state index is 12.5. The Morgan fingerprint density at radius 3 is 2.41 bits per heavy atom. The van der Waals surface area contributed by atoms with Crippen molar-refractivity contribution in [2.45, 2.75) is 39.2 Å². The molecule has 1 heterocycles. The Labute approximate surface area is 157 Å². The lowest BCUT2D eigenvalue weighted by molar-refractivity contribution is -0.135. The Kier molecular flexibility index (Phi) is 4.91. The summed E-state index contributed by atoms with van der Waals surface area (Å²) in [4.78, 5) is 49.7. The van der Waals surface area contributed by atoms with Gasteiger partial charge in [-0.3, -0.25) is 19.3 Å². The number of aryl methyl sites for hydroxylation is 2. The molecule has 5 amide bonds. The molecule has 27 heavy (non-hydrogen) atoms. The van der Waals surface area contributed by atoms with Gasteiger partial charge in [0.25, 0.3) is 5.91 Å². The van der Waals surface area contributed by atoms with Crippen LogP contribution in [0.5, 0.6) is 0 Å². The van der Waals surface area contributed by atoms with Crippen LogP contribution in [0.3, 0.4) is 0 Å². The fraction of sp³-hybridized carbons (Fsp3) is 0.474. The molecule has 1 aromatic rings. The summed E-state index contributed by atoms with van der Waals surface area (Å²) in [5, 5.41) is 7.91. The second-order valence-corrected chi connectivity index (χ2v) is 7.39. The van der Waals surface area contributed by atoms with Crippen molar-refractivity contribution in [3.05, 3.63) is 29.3 Å². The van der Waals surface area contributed by atoms with Gasteiger partial charge in [-0.25, -0.2) is 4.79 Å². The van der Waals surface area contributed by atoms with E-state index in [0.717, 1.165) is 28.9 Å². The lowest BCUT2D eigenvalue weighted by Gasteiger charge is -2.20. The molecule has 0 radical (unpaired) electrons. The minimum atomic E-state index is -0.920. The van der Waals surface area contributed by atoms with Gasteiger partial charge >= 0.3 is 6.03 Å². The predicted molar refractivity (Wildman–Crippen MR) is 98.9 cm³/mol. The standard InChI is InChI=1S/C19H24N4O4/c1-11-5-4-6-12(2)16(11)21-14(24)9-20-15(25)10-23-17(26)19(3,13-7-8-13)22-18(23)27/h4-6,13H,7-10H2,1-3H3,(H,20,25)(H,21,24)(H,22,27). The van der Waals surface area contributed by atoms with Crippen LogP contribution in [-0.4, -0.2) is 47.3 Å². The molecule has 8 heteroatoms. The molecule has 0 spiro atoms. The number of amides is 5. The monoisotopic (exact) mass is 372 g/mol. The summed E-state index contributed by atoms with van der Waals surface area (Å²) in [6.07, 6.45) is 1.78. The highest BCUT2D eigenvalue weighted by molar-refractivity contribution is 6.09. The molecule has 3 N–H and O–H groups in total. The van der Waals surface area contributed by atoms with Gasteiger partial charge in [0.05, 0.1) is 6.54 Å². The zero-order chi connectivity index (χ0) is 19.8. The van der Waals surface area contributed by atoms with Crippen LogP contribution >= 0.6 is 0 Å². The molecule has 3 rings (SSSR count). The molecule has 0 bridgehead atoms. The van der Waals surface area contributed by atoms with Crippen LogP contribution in [0.4, 0.5) is 10.5 Å². The molecular weight excluding hydrogens is 348 g/mol. The van der Waals surface area contributed by atoms with E-state index < -0.39 is 24.0 Å². The molecule has 2 aliphatic rings. The Hall–Kier alpha value is -2.90. The van der Waals surface area contributed by atoms with Crippen molar-refractivity contribution in [3.63, 3.8) is 0 Å². The lowest BCUT2D eigenvalue weighted by Crippen LogP contribution is -2.47. The Balaban J connectivity index is 1.52. The second kappa shape index (κ2) is 7.02. The highest BCUT2D eigenvalue weighted by atomic mass is 16.2. The molecule has 8 nitrogen and oxygen atoms in total. The van der Waals surface area contributed by atoms with Crippen molar-refractivity contribution in [3.8, 4) is 0 Å². The summed E-state index contributed by atoms with van der Waals surface area (Å²) in [6.45, 7) is 4.83. The van der Waals surface area contributed by atoms with Crippen LogP contribution in [0.1, 0.15) is 30.9 Å². The van der Waals surface area contributed by atoms with Crippen molar-refractivity contribution in [1.82, 2.24) is 15.5 Å².